The second-order valence-corrected chi connectivity index (χ2v) is 9.34. The van der Waals surface area contributed by atoms with Gasteiger partial charge in [-0.15, -0.1) is 0 Å². The maximum Gasteiger partial charge on any atom is 0.282 e. The zero-order valence-corrected chi connectivity index (χ0v) is 15.0. The molecule has 0 spiro atoms. The Balaban J connectivity index is 1.50. The molecule has 2 bridgehead atoms. The Morgan fingerprint density at radius 3 is 2.46 bits per heavy atom. The first kappa shape index (κ1) is 16.5. The number of rotatable bonds is 4. The Kier molecular flexibility index (Phi) is 4.64. The molecule has 4 fully saturated rings. The largest absolute Gasteiger partial charge is 0.297 e. The van der Waals surface area contributed by atoms with Gasteiger partial charge in [-0.05, 0) is 37.2 Å². The van der Waals surface area contributed by atoms with E-state index < -0.39 is 10.2 Å². The van der Waals surface area contributed by atoms with Crippen LogP contribution in [0.25, 0.3) is 0 Å². The van der Waals surface area contributed by atoms with E-state index in [0.29, 0.717) is 25.6 Å². The van der Waals surface area contributed by atoms with Crippen LogP contribution in [0.4, 0.5) is 0 Å². The molecule has 2 atom stereocenters. The number of fused-ring (bicyclic) bond motifs is 4. The fourth-order valence-electron chi connectivity index (χ4n) is 4.46. The van der Waals surface area contributed by atoms with Crippen molar-refractivity contribution < 1.29 is 8.42 Å². The lowest BCUT2D eigenvalue weighted by Crippen LogP contribution is -2.52. The van der Waals surface area contributed by atoms with Gasteiger partial charge in [-0.3, -0.25) is 4.90 Å². The first-order valence-electron chi connectivity index (χ1n) is 9.16. The summed E-state index contributed by atoms with van der Waals surface area (Å²) in [5.41, 5.74) is 1.31. The van der Waals surface area contributed by atoms with Gasteiger partial charge in [-0.1, -0.05) is 30.3 Å². The summed E-state index contributed by atoms with van der Waals surface area (Å²) in [6, 6.07) is 10.6. The van der Waals surface area contributed by atoms with Gasteiger partial charge in [0.1, 0.15) is 0 Å². The molecule has 5 nitrogen and oxygen atoms in total. The lowest BCUT2D eigenvalue weighted by Gasteiger charge is -2.37. The van der Waals surface area contributed by atoms with E-state index >= 15 is 0 Å². The summed E-state index contributed by atoms with van der Waals surface area (Å²) in [4.78, 5) is 2.46. The van der Waals surface area contributed by atoms with Gasteiger partial charge in [-0.2, -0.15) is 17.0 Å². The molecule has 4 aliphatic heterocycles. The average Bonchev–Trinajstić information content (AvgIpc) is 3.00. The van der Waals surface area contributed by atoms with Crippen molar-refractivity contribution in [2.75, 3.05) is 32.7 Å². The number of hydrogen-bond donors (Lipinski definition) is 0. The highest BCUT2D eigenvalue weighted by molar-refractivity contribution is 7.86. The summed E-state index contributed by atoms with van der Waals surface area (Å²) in [6.45, 7) is 4.89. The van der Waals surface area contributed by atoms with E-state index in [1.54, 1.807) is 4.31 Å². The summed E-state index contributed by atoms with van der Waals surface area (Å²) in [5.74, 6) is 0.463. The van der Waals surface area contributed by atoms with Crippen LogP contribution in [-0.4, -0.2) is 60.7 Å². The van der Waals surface area contributed by atoms with Crippen LogP contribution in [-0.2, 0) is 16.8 Å². The van der Waals surface area contributed by atoms with Gasteiger partial charge in [0, 0.05) is 45.3 Å². The topological polar surface area (TPSA) is 43.9 Å². The lowest BCUT2D eigenvalue weighted by molar-refractivity contribution is 0.213. The number of benzene rings is 1. The maximum atomic E-state index is 13.0. The van der Waals surface area contributed by atoms with Gasteiger partial charge in [0.2, 0.25) is 0 Å². The molecule has 0 radical (unpaired) electrons. The third-order valence-corrected chi connectivity index (χ3v) is 7.73. The van der Waals surface area contributed by atoms with Crippen LogP contribution >= 0.6 is 0 Å². The van der Waals surface area contributed by atoms with E-state index in [4.69, 9.17) is 0 Å². The van der Waals surface area contributed by atoms with Crippen molar-refractivity contribution in [2.24, 2.45) is 5.92 Å². The monoisotopic (exact) mass is 349 g/mol. The molecule has 0 N–H and O–H groups in total. The van der Waals surface area contributed by atoms with Crippen LogP contribution < -0.4 is 0 Å². The van der Waals surface area contributed by atoms with Crippen molar-refractivity contribution in [1.29, 1.82) is 0 Å². The molecule has 4 saturated heterocycles. The van der Waals surface area contributed by atoms with Gasteiger partial charge in [0.15, 0.2) is 0 Å². The lowest BCUT2D eigenvalue weighted by atomic mass is 9.97. The van der Waals surface area contributed by atoms with Crippen molar-refractivity contribution in [3.63, 3.8) is 0 Å². The second-order valence-electron chi connectivity index (χ2n) is 7.46. The van der Waals surface area contributed by atoms with Gasteiger partial charge in [-0.25, -0.2) is 0 Å². The molecule has 0 saturated carbocycles. The Morgan fingerprint density at radius 2 is 1.71 bits per heavy atom. The standard InChI is InChI=1S/C18H27N3O2S/c22-24(23,20-10-4-5-11-20)21-14-17-8-9-18(21)15-19(13-17)12-16-6-2-1-3-7-16/h1-3,6-7,17-18H,4-5,8-15H2/t17-,18+/m0/s1. The summed E-state index contributed by atoms with van der Waals surface area (Å²) in [7, 11) is -3.27. The molecule has 5 rings (SSSR count). The van der Waals surface area contributed by atoms with Gasteiger partial charge >= 0.3 is 0 Å². The predicted molar refractivity (Wildman–Crippen MR) is 94.7 cm³/mol. The smallest absolute Gasteiger partial charge is 0.282 e. The Labute approximate surface area is 145 Å². The summed E-state index contributed by atoms with van der Waals surface area (Å²) < 4.78 is 29.6. The van der Waals surface area contributed by atoms with Crippen LogP contribution in [0, 0.1) is 5.92 Å². The Hall–Kier alpha value is -0.950. The zero-order valence-electron chi connectivity index (χ0n) is 14.2. The van der Waals surface area contributed by atoms with Crippen LogP contribution in [0.15, 0.2) is 30.3 Å². The minimum absolute atomic E-state index is 0.137. The minimum Gasteiger partial charge on any atom is -0.297 e. The van der Waals surface area contributed by atoms with Gasteiger partial charge < -0.3 is 0 Å². The summed E-state index contributed by atoms with van der Waals surface area (Å²) in [6.07, 6.45) is 4.16. The maximum absolute atomic E-state index is 13.0. The highest BCUT2D eigenvalue weighted by Gasteiger charge is 2.43. The summed E-state index contributed by atoms with van der Waals surface area (Å²) in [5, 5.41) is 0. The Morgan fingerprint density at radius 1 is 0.958 bits per heavy atom. The molecule has 0 amide bonds. The molecule has 0 unspecified atom stereocenters. The summed E-state index contributed by atoms with van der Waals surface area (Å²) >= 11 is 0. The highest BCUT2D eigenvalue weighted by Crippen LogP contribution is 2.32. The minimum atomic E-state index is -3.27. The zero-order chi connectivity index (χ0) is 16.6. The normalized spacial score (nSPS) is 29.8. The van der Waals surface area contributed by atoms with Crippen LogP contribution in [0.1, 0.15) is 31.2 Å². The molecule has 24 heavy (non-hydrogen) atoms. The number of piperidine rings is 1. The number of nitrogens with zero attached hydrogens (tertiary/aromatic N) is 3. The van der Waals surface area contributed by atoms with E-state index in [2.05, 4.69) is 29.2 Å². The molecule has 0 aliphatic carbocycles. The van der Waals surface area contributed by atoms with Crippen LogP contribution in [0.3, 0.4) is 0 Å². The highest BCUT2D eigenvalue weighted by atomic mass is 32.2. The fourth-order valence-corrected chi connectivity index (χ4v) is 6.42. The molecule has 6 heteroatoms. The molecule has 132 valence electrons. The van der Waals surface area contributed by atoms with Crippen molar-refractivity contribution in [3.8, 4) is 0 Å². The SMILES string of the molecule is O=S(=O)(N1CCCC1)N1C[C@H]2CC[C@@H]1CN(Cc1ccccc1)C2. The first-order chi connectivity index (χ1) is 11.6. The van der Waals surface area contributed by atoms with E-state index in [1.807, 2.05) is 10.4 Å². The second kappa shape index (κ2) is 6.75. The van der Waals surface area contributed by atoms with Gasteiger partial charge in [0.25, 0.3) is 10.2 Å². The van der Waals surface area contributed by atoms with Crippen molar-refractivity contribution in [3.05, 3.63) is 35.9 Å². The Bertz CT molecular complexity index is 658. The molecular weight excluding hydrogens is 322 g/mol. The number of hydrogen-bond acceptors (Lipinski definition) is 3. The van der Waals surface area contributed by atoms with Crippen molar-refractivity contribution in [2.45, 2.75) is 38.3 Å². The van der Waals surface area contributed by atoms with E-state index in [1.165, 1.54) is 5.56 Å². The predicted octanol–water partition coefficient (Wildman–Crippen LogP) is 1.92. The molecular formula is C18H27N3O2S. The van der Waals surface area contributed by atoms with E-state index in [-0.39, 0.29) is 6.04 Å². The van der Waals surface area contributed by atoms with Gasteiger partial charge in [0.05, 0.1) is 0 Å². The van der Waals surface area contributed by atoms with Crippen molar-refractivity contribution >= 4 is 10.2 Å². The molecule has 1 aromatic carbocycles. The van der Waals surface area contributed by atoms with Crippen LogP contribution in [0.5, 0.6) is 0 Å². The van der Waals surface area contributed by atoms with Crippen molar-refractivity contribution in [1.82, 2.24) is 13.5 Å². The third-order valence-electron chi connectivity index (χ3n) is 5.68. The first-order valence-corrected chi connectivity index (χ1v) is 10.6. The van der Waals surface area contributed by atoms with E-state index in [0.717, 1.165) is 45.3 Å². The molecule has 4 aliphatic rings. The fraction of sp³-hybridized carbons (Fsp3) is 0.667. The van der Waals surface area contributed by atoms with E-state index in [9.17, 15) is 8.42 Å². The van der Waals surface area contributed by atoms with Crippen LogP contribution in [0.2, 0.25) is 0 Å². The molecule has 0 aromatic heterocycles. The quantitative estimate of drug-likeness (QED) is 0.834. The average molecular weight is 350 g/mol. The molecule has 4 heterocycles. The molecule has 1 aromatic rings. The third kappa shape index (κ3) is 3.25.